The number of carboxylic acid groups (broad SMARTS) is 1. The zero-order valence-electron chi connectivity index (χ0n) is 9.88. The molecule has 0 spiro atoms. The quantitative estimate of drug-likeness (QED) is 0.722. The Morgan fingerprint density at radius 2 is 2.47 bits per heavy atom. The van der Waals surface area contributed by atoms with Crippen molar-refractivity contribution in [3.05, 3.63) is 6.33 Å². The minimum absolute atomic E-state index is 0.358. The number of hydrogen-bond acceptors (Lipinski definition) is 5. The fraction of sp³-hybridized carbons (Fsp3) is 0.700. The molecular formula is C10H16N4O2S. The lowest BCUT2D eigenvalue weighted by atomic mass is 10.1. The van der Waals surface area contributed by atoms with Crippen molar-refractivity contribution >= 4 is 17.7 Å². The van der Waals surface area contributed by atoms with Crippen LogP contribution in [0, 0.1) is 0 Å². The number of carbonyl (C=O) groups is 1. The Balaban J connectivity index is 1.97. The average Bonchev–Trinajstić information content (AvgIpc) is 2.97. The molecule has 1 heterocycles. The summed E-state index contributed by atoms with van der Waals surface area (Å²) in [6.45, 7) is 1.72. The maximum absolute atomic E-state index is 11.3. The van der Waals surface area contributed by atoms with Crippen LogP contribution in [-0.2, 0) is 11.8 Å². The van der Waals surface area contributed by atoms with Crippen LogP contribution in [-0.4, -0.2) is 43.2 Å². The van der Waals surface area contributed by atoms with Gasteiger partial charge in [-0.15, -0.1) is 10.2 Å². The van der Waals surface area contributed by atoms with Crippen LogP contribution in [0.3, 0.4) is 0 Å². The molecule has 1 aromatic rings. The monoisotopic (exact) mass is 256 g/mol. The third kappa shape index (κ3) is 2.98. The van der Waals surface area contributed by atoms with E-state index in [0.717, 1.165) is 18.0 Å². The van der Waals surface area contributed by atoms with E-state index in [1.165, 1.54) is 11.8 Å². The molecule has 1 aliphatic carbocycles. The van der Waals surface area contributed by atoms with E-state index < -0.39 is 11.5 Å². The highest BCUT2D eigenvalue weighted by atomic mass is 32.2. The lowest BCUT2D eigenvalue weighted by Crippen LogP contribution is -2.52. The van der Waals surface area contributed by atoms with Gasteiger partial charge < -0.3 is 9.67 Å². The lowest BCUT2D eigenvalue weighted by Gasteiger charge is -2.25. The van der Waals surface area contributed by atoms with E-state index >= 15 is 0 Å². The number of aliphatic carboxylic acids is 1. The van der Waals surface area contributed by atoms with Gasteiger partial charge in [-0.05, 0) is 19.8 Å². The summed E-state index contributed by atoms with van der Waals surface area (Å²) >= 11 is 1.40. The molecule has 0 aromatic carbocycles. The van der Waals surface area contributed by atoms with Crippen LogP contribution in [0.25, 0.3) is 0 Å². The molecule has 1 aromatic heterocycles. The Kier molecular flexibility index (Phi) is 3.39. The molecule has 0 amide bonds. The molecule has 2 N–H and O–H groups in total. The molecule has 1 saturated carbocycles. The van der Waals surface area contributed by atoms with Crippen molar-refractivity contribution in [2.45, 2.75) is 36.5 Å². The Labute approximate surface area is 104 Å². The van der Waals surface area contributed by atoms with Gasteiger partial charge in [-0.3, -0.25) is 10.1 Å². The molecule has 1 unspecified atom stereocenters. The summed E-state index contributed by atoms with van der Waals surface area (Å²) in [6.07, 6.45) is 3.74. The van der Waals surface area contributed by atoms with Crippen LogP contribution in [0.1, 0.15) is 19.8 Å². The van der Waals surface area contributed by atoms with E-state index in [-0.39, 0.29) is 0 Å². The first-order valence-corrected chi connectivity index (χ1v) is 6.48. The van der Waals surface area contributed by atoms with E-state index in [4.69, 9.17) is 0 Å². The van der Waals surface area contributed by atoms with Gasteiger partial charge in [-0.25, -0.2) is 0 Å². The molecule has 1 aliphatic rings. The van der Waals surface area contributed by atoms with Crippen molar-refractivity contribution in [1.82, 2.24) is 20.1 Å². The van der Waals surface area contributed by atoms with Gasteiger partial charge in [0.15, 0.2) is 5.16 Å². The molecular weight excluding hydrogens is 240 g/mol. The van der Waals surface area contributed by atoms with Crippen molar-refractivity contribution < 1.29 is 9.90 Å². The fourth-order valence-corrected chi connectivity index (χ4v) is 2.44. The first-order valence-electron chi connectivity index (χ1n) is 5.49. The maximum Gasteiger partial charge on any atom is 0.324 e. The topological polar surface area (TPSA) is 80.0 Å². The second kappa shape index (κ2) is 4.66. The van der Waals surface area contributed by atoms with Gasteiger partial charge in [0.2, 0.25) is 0 Å². The molecule has 2 rings (SSSR count). The van der Waals surface area contributed by atoms with E-state index in [1.54, 1.807) is 17.8 Å². The largest absolute Gasteiger partial charge is 0.480 e. The predicted molar refractivity (Wildman–Crippen MR) is 63.9 cm³/mol. The Morgan fingerprint density at radius 3 is 2.94 bits per heavy atom. The molecule has 6 nitrogen and oxygen atoms in total. The van der Waals surface area contributed by atoms with Gasteiger partial charge in [-0.2, -0.15) is 0 Å². The molecule has 0 saturated heterocycles. The Morgan fingerprint density at radius 1 is 1.76 bits per heavy atom. The number of rotatable bonds is 6. The summed E-state index contributed by atoms with van der Waals surface area (Å²) in [5, 5.41) is 20.9. The summed E-state index contributed by atoms with van der Waals surface area (Å²) in [5.41, 5.74) is -0.905. The minimum atomic E-state index is -0.905. The summed E-state index contributed by atoms with van der Waals surface area (Å²) in [6, 6.07) is 0.358. The van der Waals surface area contributed by atoms with Crippen LogP contribution in [0.2, 0.25) is 0 Å². The molecule has 7 heteroatoms. The van der Waals surface area contributed by atoms with Gasteiger partial charge >= 0.3 is 5.97 Å². The zero-order valence-corrected chi connectivity index (χ0v) is 10.7. The van der Waals surface area contributed by atoms with Crippen LogP contribution in [0.15, 0.2) is 11.5 Å². The second-order valence-electron chi connectivity index (χ2n) is 4.57. The second-order valence-corrected chi connectivity index (χ2v) is 5.51. The summed E-state index contributed by atoms with van der Waals surface area (Å²) in [7, 11) is 1.84. The summed E-state index contributed by atoms with van der Waals surface area (Å²) in [5.74, 6) is -0.384. The van der Waals surface area contributed by atoms with Gasteiger partial charge in [0.05, 0.1) is 0 Å². The number of aryl methyl sites for hydroxylation is 1. The van der Waals surface area contributed by atoms with Crippen molar-refractivity contribution in [2.75, 3.05) is 5.75 Å². The highest BCUT2D eigenvalue weighted by molar-refractivity contribution is 7.99. The van der Waals surface area contributed by atoms with Crippen molar-refractivity contribution in [1.29, 1.82) is 0 Å². The van der Waals surface area contributed by atoms with Gasteiger partial charge in [0, 0.05) is 18.8 Å². The number of thioether (sulfide) groups is 1. The predicted octanol–water partition coefficient (Wildman–Crippen LogP) is 0.502. The number of nitrogens with one attached hydrogen (secondary N) is 1. The van der Waals surface area contributed by atoms with Crippen LogP contribution in [0.5, 0.6) is 0 Å². The van der Waals surface area contributed by atoms with Gasteiger partial charge in [0.1, 0.15) is 11.9 Å². The van der Waals surface area contributed by atoms with Gasteiger partial charge in [-0.1, -0.05) is 11.8 Å². The molecule has 0 radical (unpaired) electrons. The summed E-state index contributed by atoms with van der Waals surface area (Å²) < 4.78 is 1.78. The number of carboxylic acids is 1. The molecule has 0 bridgehead atoms. The SMILES string of the molecule is Cn1cnnc1SCC(C)(NC1CC1)C(=O)O. The van der Waals surface area contributed by atoms with E-state index in [9.17, 15) is 9.90 Å². The van der Waals surface area contributed by atoms with E-state index in [2.05, 4.69) is 15.5 Å². The van der Waals surface area contributed by atoms with Crippen LogP contribution in [0.4, 0.5) is 0 Å². The number of nitrogens with zero attached hydrogens (tertiary/aromatic N) is 3. The molecule has 94 valence electrons. The summed E-state index contributed by atoms with van der Waals surface area (Å²) in [4.78, 5) is 11.3. The molecule has 0 aliphatic heterocycles. The van der Waals surface area contributed by atoms with Crippen molar-refractivity contribution in [2.24, 2.45) is 7.05 Å². The standard InChI is InChI=1S/C10H16N4O2S/c1-10(8(15)16,12-7-3-4-7)5-17-9-13-11-6-14(9)2/h6-7,12H,3-5H2,1-2H3,(H,15,16). The average molecular weight is 256 g/mol. The van der Waals surface area contributed by atoms with E-state index in [1.807, 2.05) is 7.05 Å². The van der Waals surface area contributed by atoms with Crippen LogP contribution < -0.4 is 5.32 Å². The third-order valence-electron chi connectivity index (χ3n) is 2.73. The van der Waals surface area contributed by atoms with Crippen LogP contribution >= 0.6 is 11.8 Å². The maximum atomic E-state index is 11.3. The Bertz CT molecular complexity index is 418. The zero-order chi connectivity index (χ0) is 12.5. The highest BCUT2D eigenvalue weighted by Gasteiger charge is 2.38. The number of aromatic nitrogens is 3. The normalized spacial score (nSPS) is 18.9. The third-order valence-corrected chi connectivity index (χ3v) is 4.08. The van der Waals surface area contributed by atoms with Gasteiger partial charge in [0.25, 0.3) is 0 Å². The van der Waals surface area contributed by atoms with E-state index in [0.29, 0.717) is 11.8 Å². The minimum Gasteiger partial charge on any atom is -0.480 e. The first-order chi connectivity index (χ1) is 8.01. The first kappa shape index (κ1) is 12.4. The molecule has 1 atom stereocenters. The van der Waals surface area contributed by atoms with Crippen molar-refractivity contribution in [3.8, 4) is 0 Å². The fourth-order valence-electron chi connectivity index (χ4n) is 1.46. The number of hydrogen-bond donors (Lipinski definition) is 2. The van der Waals surface area contributed by atoms with Crippen molar-refractivity contribution in [3.63, 3.8) is 0 Å². The molecule has 1 fully saturated rings. The highest BCUT2D eigenvalue weighted by Crippen LogP contribution is 2.26. The Hall–Kier alpha value is -1.08. The lowest BCUT2D eigenvalue weighted by molar-refractivity contribution is -0.143. The smallest absolute Gasteiger partial charge is 0.324 e. The molecule has 17 heavy (non-hydrogen) atoms.